The maximum atomic E-state index is 11.3. The van der Waals surface area contributed by atoms with Crippen LogP contribution in [0.5, 0.6) is 0 Å². The van der Waals surface area contributed by atoms with Crippen LogP contribution < -0.4 is 10.1 Å². The molecule has 2 N–H and O–H groups in total. The summed E-state index contributed by atoms with van der Waals surface area (Å²) in [4.78, 5) is 0.0779. The molecule has 0 aliphatic carbocycles. The molecule has 0 radical (unpaired) electrons. The summed E-state index contributed by atoms with van der Waals surface area (Å²) in [6, 6.07) is 11.7. The molecule has 3 rings (SSSR count). The van der Waals surface area contributed by atoms with E-state index in [-0.39, 0.29) is 4.90 Å². The topological polar surface area (TPSA) is 75.8 Å². The third kappa shape index (κ3) is 3.50. The fraction of sp³-hybridized carbons (Fsp3) is 0.133. The average Bonchev–Trinajstić information content (AvgIpc) is 2.99. The number of hydrazone groups is 1. The van der Waals surface area contributed by atoms with Gasteiger partial charge in [0, 0.05) is 13.0 Å². The van der Waals surface area contributed by atoms with Gasteiger partial charge in [0.15, 0.2) is 0 Å². The van der Waals surface area contributed by atoms with Crippen LogP contribution in [0.25, 0.3) is 0 Å². The molecule has 0 bridgehead atoms. The van der Waals surface area contributed by atoms with Crippen molar-refractivity contribution in [3.8, 4) is 0 Å². The van der Waals surface area contributed by atoms with Gasteiger partial charge >= 0.3 is 0 Å². The summed E-state index contributed by atoms with van der Waals surface area (Å²) < 4.78 is 22.6. The molecule has 0 saturated heterocycles. The molecular weight excluding hydrogens is 357 g/mol. The average molecular weight is 370 g/mol. The molecule has 0 fully saturated rings. The van der Waals surface area contributed by atoms with Crippen molar-refractivity contribution in [3.05, 3.63) is 58.1 Å². The number of sulfonamides is 1. The van der Waals surface area contributed by atoms with E-state index in [4.69, 9.17) is 28.3 Å². The molecule has 0 aromatic heterocycles. The van der Waals surface area contributed by atoms with Crippen molar-refractivity contribution in [2.45, 2.75) is 11.3 Å². The quantitative estimate of drug-likeness (QED) is 0.901. The molecule has 0 spiro atoms. The van der Waals surface area contributed by atoms with Crippen LogP contribution in [0, 0.1) is 0 Å². The third-order valence-corrected chi connectivity index (χ3v) is 5.19. The second-order valence-corrected chi connectivity index (χ2v) is 7.46. The van der Waals surface area contributed by atoms with Crippen molar-refractivity contribution in [1.82, 2.24) is 0 Å². The number of anilines is 1. The Kier molecular flexibility index (Phi) is 4.33. The summed E-state index contributed by atoms with van der Waals surface area (Å²) in [5.41, 5.74) is 2.62. The Labute approximate surface area is 144 Å². The fourth-order valence-electron chi connectivity index (χ4n) is 2.33. The molecule has 8 heteroatoms. The second kappa shape index (κ2) is 6.13. The van der Waals surface area contributed by atoms with Gasteiger partial charge in [-0.2, -0.15) is 5.10 Å². The molecular formula is C15H13Cl2N3O2S. The fourth-order valence-corrected chi connectivity index (χ4v) is 3.14. The number of benzene rings is 2. The largest absolute Gasteiger partial charge is 0.265 e. The number of nitrogens with two attached hydrogens (primary N) is 1. The summed E-state index contributed by atoms with van der Waals surface area (Å²) in [7, 11) is -3.69. The molecule has 0 amide bonds. The molecule has 2 aromatic carbocycles. The monoisotopic (exact) mass is 369 g/mol. The van der Waals surface area contributed by atoms with Crippen LogP contribution in [0.3, 0.4) is 0 Å². The summed E-state index contributed by atoms with van der Waals surface area (Å²) in [6.45, 7) is 0.699. The SMILES string of the molecule is NS(=O)(=O)c1ccc(N2CCC(c3ccc(Cl)c(Cl)c3)=N2)cc1. The van der Waals surface area contributed by atoms with Crippen LogP contribution in [0.4, 0.5) is 5.69 Å². The maximum Gasteiger partial charge on any atom is 0.238 e. The van der Waals surface area contributed by atoms with Gasteiger partial charge in [0.25, 0.3) is 0 Å². The van der Waals surface area contributed by atoms with Crippen molar-refractivity contribution in [1.29, 1.82) is 0 Å². The molecule has 120 valence electrons. The lowest BCUT2D eigenvalue weighted by molar-refractivity contribution is 0.598. The highest BCUT2D eigenvalue weighted by Crippen LogP contribution is 2.27. The number of hydrogen-bond acceptors (Lipinski definition) is 4. The van der Waals surface area contributed by atoms with Crippen molar-refractivity contribution in [3.63, 3.8) is 0 Å². The summed E-state index contributed by atoms with van der Waals surface area (Å²) >= 11 is 12.0. The minimum Gasteiger partial charge on any atom is -0.265 e. The Bertz CT molecular complexity index is 880. The highest BCUT2D eigenvalue weighted by molar-refractivity contribution is 7.89. The molecule has 2 aromatic rings. The molecule has 5 nitrogen and oxygen atoms in total. The first kappa shape index (κ1) is 16.3. The highest BCUT2D eigenvalue weighted by atomic mass is 35.5. The van der Waals surface area contributed by atoms with Crippen molar-refractivity contribution in [2.24, 2.45) is 10.2 Å². The van der Waals surface area contributed by atoms with Crippen molar-refractivity contribution >= 4 is 44.6 Å². The first-order valence-corrected chi connectivity index (χ1v) is 9.08. The summed E-state index contributed by atoms with van der Waals surface area (Å²) in [6.07, 6.45) is 0.759. The van der Waals surface area contributed by atoms with Crippen LogP contribution in [-0.2, 0) is 10.0 Å². The van der Waals surface area contributed by atoms with E-state index in [0.717, 1.165) is 23.4 Å². The van der Waals surface area contributed by atoms with E-state index < -0.39 is 10.0 Å². The van der Waals surface area contributed by atoms with Gasteiger partial charge in [-0.05, 0) is 42.0 Å². The van der Waals surface area contributed by atoms with Crippen LogP contribution >= 0.6 is 23.2 Å². The zero-order chi connectivity index (χ0) is 16.6. The smallest absolute Gasteiger partial charge is 0.238 e. The normalized spacial score (nSPS) is 14.9. The predicted octanol–water partition coefficient (Wildman–Crippen LogP) is 3.26. The van der Waals surface area contributed by atoms with Gasteiger partial charge in [-0.25, -0.2) is 13.6 Å². The third-order valence-electron chi connectivity index (χ3n) is 3.52. The Morgan fingerprint density at radius 2 is 1.74 bits per heavy atom. The second-order valence-electron chi connectivity index (χ2n) is 5.09. The predicted molar refractivity (Wildman–Crippen MR) is 92.8 cm³/mol. The van der Waals surface area contributed by atoms with E-state index in [1.54, 1.807) is 24.3 Å². The lowest BCUT2D eigenvalue weighted by Gasteiger charge is -2.13. The molecule has 0 atom stereocenters. The van der Waals surface area contributed by atoms with E-state index in [1.165, 1.54) is 12.1 Å². The zero-order valence-corrected chi connectivity index (χ0v) is 14.2. The zero-order valence-electron chi connectivity index (χ0n) is 11.9. The Hall–Kier alpha value is -1.60. The van der Waals surface area contributed by atoms with Crippen molar-refractivity contribution < 1.29 is 8.42 Å². The van der Waals surface area contributed by atoms with Gasteiger partial charge in [0.05, 0.1) is 26.3 Å². The number of halogens is 2. The van der Waals surface area contributed by atoms with E-state index in [9.17, 15) is 8.42 Å². The van der Waals surface area contributed by atoms with Gasteiger partial charge in [-0.1, -0.05) is 29.3 Å². The molecule has 0 saturated carbocycles. The Morgan fingerprint density at radius 1 is 1.04 bits per heavy atom. The van der Waals surface area contributed by atoms with Gasteiger partial charge in [-0.3, -0.25) is 5.01 Å². The highest BCUT2D eigenvalue weighted by Gasteiger charge is 2.18. The van der Waals surface area contributed by atoms with Crippen LogP contribution in [-0.4, -0.2) is 20.7 Å². The standard InChI is InChI=1S/C15H13Cl2N3O2S/c16-13-6-1-10(9-14(13)17)15-7-8-20(19-15)11-2-4-12(5-3-11)23(18,21)22/h1-6,9H,7-8H2,(H2,18,21,22). The van der Waals surface area contributed by atoms with Gasteiger partial charge in [0.1, 0.15) is 0 Å². The van der Waals surface area contributed by atoms with Crippen molar-refractivity contribution in [2.75, 3.05) is 11.6 Å². The Morgan fingerprint density at radius 3 is 2.35 bits per heavy atom. The van der Waals surface area contributed by atoms with E-state index >= 15 is 0 Å². The summed E-state index contributed by atoms with van der Waals surface area (Å²) in [5, 5.41) is 12.5. The van der Waals surface area contributed by atoms with E-state index in [2.05, 4.69) is 5.10 Å². The Balaban J connectivity index is 1.85. The first-order chi connectivity index (χ1) is 10.8. The lowest BCUT2D eigenvalue weighted by atomic mass is 10.1. The molecule has 1 aliphatic rings. The van der Waals surface area contributed by atoms with E-state index in [0.29, 0.717) is 16.6 Å². The van der Waals surface area contributed by atoms with Gasteiger partial charge in [-0.15, -0.1) is 0 Å². The molecule has 1 heterocycles. The van der Waals surface area contributed by atoms with Crippen LogP contribution in [0.15, 0.2) is 52.5 Å². The van der Waals surface area contributed by atoms with Gasteiger partial charge in [0.2, 0.25) is 10.0 Å². The minimum absolute atomic E-state index is 0.0779. The molecule has 23 heavy (non-hydrogen) atoms. The van der Waals surface area contributed by atoms with Crippen LogP contribution in [0.2, 0.25) is 10.0 Å². The number of nitrogens with zero attached hydrogens (tertiary/aromatic N) is 2. The number of primary sulfonamides is 1. The minimum atomic E-state index is -3.69. The molecule has 0 unspecified atom stereocenters. The lowest BCUT2D eigenvalue weighted by Crippen LogP contribution is -2.14. The van der Waals surface area contributed by atoms with Crippen LogP contribution in [0.1, 0.15) is 12.0 Å². The maximum absolute atomic E-state index is 11.3. The molecule has 1 aliphatic heterocycles. The van der Waals surface area contributed by atoms with E-state index in [1.807, 2.05) is 11.1 Å². The number of hydrogen-bond donors (Lipinski definition) is 1. The van der Waals surface area contributed by atoms with Gasteiger partial charge < -0.3 is 0 Å². The first-order valence-electron chi connectivity index (χ1n) is 6.78. The number of rotatable bonds is 3. The summed E-state index contributed by atoms with van der Waals surface area (Å²) in [5.74, 6) is 0.